The van der Waals surface area contributed by atoms with Crippen molar-refractivity contribution >= 4 is 10.0 Å². The minimum atomic E-state index is -3.07. The van der Waals surface area contributed by atoms with Crippen molar-refractivity contribution < 1.29 is 8.42 Å². The van der Waals surface area contributed by atoms with Gasteiger partial charge in [0.2, 0.25) is 10.0 Å². The summed E-state index contributed by atoms with van der Waals surface area (Å²) < 4.78 is 24.7. The Bertz CT molecular complexity index is 357. The summed E-state index contributed by atoms with van der Waals surface area (Å²) >= 11 is 0. The molecule has 2 saturated heterocycles. The Kier molecular flexibility index (Phi) is 3.27. The first-order valence-electron chi connectivity index (χ1n) is 5.75. The van der Waals surface area contributed by atoms with Crippen molar-refractivity contribution in [3.8, 4) is 0 Å². The molecular weight excluding hydrogens is 226 g/mol. The van der Waals surface area contributed by atoms with E-state index in [0.29, 0.717) is 6.04 Å². The summed E-state index contributed by atoms with van der Waals surface area (Å²) in [5.74, 6) is 0. The van der Waals surface area contributed by atoms with Crippen LogP contribution in [0.4, 0.5) is 0 Å². The van der Waals surface area contributed by atoms with Gasteiger partial charge in [-0.3, -0.25) is 4.90 Å². The first-order valence-corrected chi connectivity index (χ1v) is 7.60. The van der Waals surface area contributed by atoms with Crippen molar-refractivity contribution in [3.63, 3.8) is 0 Å². The van der Waals surface area contributed by atoms with Gasteiger partial charge in [0.25, 0.3) is 0 Å². The van der Waals surface area contributed by atoms with E-state index in [2.05, 4.69) is 16.8 Å². The van der Waals surface area contributed by atoms with E-state index in [-0.39, 0.29) is 6.04 Å². The minimum absolute atomic E-state index is 0.151. The van der Waals surface area contributed by atoms with Crippen LogP contribution in [0.5, 0.6) is 0 Å². The predicted molar refractivity (Wildman–Crippen MR) is 63.9 cm³/mol. The van der Waals surface area contributed by atoms with Crippen molar-refractivity contribution in [2.75, 3.05) is 46.5 Å². The number of piperazine rings is 1. The van der Waals surface area contributed by atoms with E-state index in [9.17, 15) is 8.42 Å². The quantitative estimate of drug-likeness (QED) is 0.645. The highest BCUT2D eigenvalue weighted by Crippen LogP contribution is 2.26. The first kappa shape index (κ1) is 12.3. The molecular formula is C10H21N3O2S. The van der Waals surface area contributed by atoms with Crippen molar-refractivity contribution in [1.82, 2.24) is 14.1 Å². The van der Waals surface area contributed by atoms with E-state index < -0.39 is 10.0 Å². The van der Waals surface area contributed by atoms with Crippen LogP contribution in [-0.4, -0.2) is 81.1 Å². The Morgan fingerprint density at radius 3 is 2.56 bits per heavy atom. The van der Waals surface area contributed by atoms with E-state index in [0.717, 1.165) is 32.6 Å². The van der Waals surface area contributed by atoms with Crippen molar-refractivity contribution in [3.05, 3.63) is 0 Å². The third kappa shape index (κ3) is 2.25. The molecule has 0 saturated carbocycles. The fraction of sp³-hybridized carbons (Fsp3) is 1.00. The largest absolute Gasteiger partial charge is 0.303 e. The molecule has 16 heavy (non-hydrogen) atoms. The molecule has 0 N–H and O–H groups in total. The Balaban J connectivity index is 2.12. The molecule has 5 nitrogen and oxygen atoms in total. The second-order valence-electron chi connectivity index (χ2n) is 5.00. The zero-order valence-electron chi connectivity index (χ0n) is 10.3. The average molecular weight is 247 g/mol. The first-order chi connectivity index (χ1) is 7.39. The van der Waals surface area contributed by atoms with Crippen LogP contribution in [0.1, 0.15) is 6.42 Å². The van der Waals surface area contributed by atoms with Crippen LogP contribution in [0.25, 0.3) is 0 Å². The topological polar surface area (TPSA) is 43.9 Å². The Hall–Kier alpha value is -0.170. The molecule has 0 radical (unpaired) electrons. The lowest BCUT2D eigenvalue weighted by Crippen LogP contribution is -2.55. The molecule has 94 valence electrons. The molecule has 0 aromatic rings. The van der Waals surface area contributed by atoms with Gasteiger partial charge in [0.15, 0.2) is 0 Å². The molecule has 2 aliphatic heterocycles. The van der Waals surface area contributed by atoms with Gasteiger partial charge in [-0.2, -0.15) is 0 Å². The summed E-state index contributed by atoms with van der Waals surface area (Å²) in [7, 11) is 0.745. The molecule has 6 heteroatoms. The van der Waals surface area contributed by atoms with Gasteiger partial charge in [0.05, 0.1) is 6.26 Å². The van der Waals surface area contributed by atoms with Crippen molar-refractivity contribution in [2.45, 2.75) is 18.5 Å². The average Bonchev–Trinajstić information content (AvgIpc) is 2.57. The van der Waals surface area contributed by atoms with Crippen LogP contribution >= 0.6 is 0 Å². The maximum absolute atomic E-state index is 11.6. The third-order valence-corrected chi connectivity index (χ3v) is 5.20. The molecule has 2 unspecified atom stereocenters. The van der Waals surface area contributed by atoms with Gasteiger partial charge in [0, 0.05) is 45.3 Å². The van der Waals surface area contributed by atoms with Gasteiger partial charge in [-0.25, -0.2) is 12.7 Å². The lowest BCUT2D eigenvalue weighted by Gasteiger charge is -2.39. The third-order valence-electron chi connectivity index (χ3n) is 3.88. The van der Waals surface area contributed by atoms with Crippen LogP contribution < -0.4 is 0 Å². The fourth-order valence-electron chi connectivity index (χ4n) is 2.79. The number of hydrogen-bond donors (Lipinski definition) is 0. The molecule has 0 aromatic heterocycles. The monoisotopic (exact) mass is 247 g/mol. The van der Waals surface area contributed by atoms with Gasteiger partial charge in [-0.1, -0.05) is 0 Å². The maximum Gasteiger partial charge on any atom is 0.211 e. The SMILES string of the molecule is CN1CCN2CCC(N(C)S(C)(=O)=O)C2C1. The summed E-state index contributed by atoms with van der Waals surface area (Å²) in [6.07, 6.45) is 2.25. The Labute approximate surface area is 98.1 Å². The van der Waals surface area contributed by atoms with E-state index in [1.54, 1.807) is 11.4 Å². The molecule has 0 amide bonds. The molecule has 0 aromatic carbocycles. The fourth-order valence-corrected chi connectivity index (χ4v) is 3.53. The summed E-state index contributed by atoms with van der Waals surface area (Å²) in [6, 6.07) is 0.524. The van der Waals surface area contributed by atoms with E-state index in [1.165, 1.54) is 6.26 Å². The number of fused-ring (bicyclic) bond motifs is 1. The standard InChI is InChI=1S/C10H21N3O2S/c1-11-6-7-13-5-4-9(10(13)8-11)12(2)16(3,14)15/h9-10H,4-8H2,1-3H3. The molecule has 2 heterocycles. The summed E-state index contributed by atoms with van der Waals surface area (Å²) in [4.78, 5) is 4.71. The highest BCUT2D eigenvalue weighted by atomic mass is 32.2. The van der Waals surface area contributed by atoms with Crippen LogP contribution in [0, 0.1) is 0 Å². The van der Waals surface area contributed by atoms with E-state index >= 15 is 0 Å². The van der Waals surface area contributed by atoms with Gasteiger partial charge >= 0.3 is 0 Å². The van der Waals surface area contributed by atoms with Gasteiger partial charge in [-0.15, -0.1) is 0 Å². The molecule has 0 spiro atoms. The number of rotatable bonds is 2. The van der Waals surface area contributed by atoms with E-state index in [4.69, 9.17) is 0 Å². The molecule has 2 aliphatic rings. The zero-order valence-corrected chi connectivity index (χ0v) is 11.1. The predicted octanol–water partition coefficient (Wildman–Crippen LogP) is -0.734. The van der Waals surface area contributed by atoms with Crippen LogP contribution in [-0.2, 0) is 10.0 Å². The zero-order chi connectivity index (χ0) is 11.9. The second-order valence-corrected chi connectivity index (χ2v) is 7.04. The molecule has 2 atom stereocenters. The number of sulfonamides is 1. The lowest BCUT2D eigenvalue weighted by atomic mass is 10.1. The maximum atomic E-state index is 11.6. The highest BCUT2D eigenvalue weighted by Gasteiger charge is 2.41. The minimum Gasteiger partial charge on any atom is -0.303 e. The van der Waals surface area contributed by atoms with Gasteiger partial charge < -0.3 is 4.90 Å². The summed E-state index contributed by atoms with van der Waals surface area (Å²) in [5, 5.41) is 0. The van der Waals surface area contributed by atoms with Crippen LogP contribution in [0.3, 0.4) is 0 Å². The molecule has 2 fully saturated rings. The summed E-state index contributed by atoms with van der Waals surface area (Å²) in [5.41, 5.74) is 0. The van der Waals surface area contributed by atoms with Crippen LogP contribution in [0.15, 0.2) is 0 Å². The molecule has 0 bridgehead atoms. The Morgan fingerprint density at radius 2 is 1.94 bits per heavy atom. The number of likely N-dealkylation sites (N-methyl/N-ethyl adjacent to an activating group) is 2. The van der Waals surface area contributed by atoms with Gasteiger partial charge in [0.1, 0.15) is 0 Å². The lowest BCUT2D eigenvalue weighted by molar-refractivity contribution is 0.102. The van der Waals surface area contributed by atoms with E-state index in [1.807, 2.05) is 0 Å². The molecule has 0 aliphatic carbocycles. The highest BCUT2D eigenvalue weighted by molar-refractivity contribution is 7.88. The van der Waals surface area contributed by atoms with Crippen molar-refractivity contribution in [2.24, 2.45) is 0 Å². The number of hydrogen-bond acceptors (Lipinski definition) is 4. The smallest absolute Gasteiger partial charge is 0.211 e. The van der Waals surface area contributed by atoms with Crippen LogP contribution in [0.2, 0.25) is 0 Å². The Morgan fingerprint density at radius 1 is 1.25 bits per heavy atom. The normalized spacial score (nSPS) is 33.2. The molecule has 2 rings (SSSR count). The summed E-state index contributed by atoms with van der Waals surface area (Å²) in [6.45, 7) is 4.16. The van der Waals surface area contributed by atoms with Crippen molar-refractivity contribution in [1.29, 1.82) is 0 Å². The second kappa shape index (κ2) is 4.25. The number of nitrogens with zero attached hydrogens (tertiary/aromatic N) is 3. The van der Waals surface area contributed by atoms with Gasteiger partial charge in [-0.05, 0) is 13.5 Å².